The molecule has 24 heavy (non-hydrogen) atoms. The van der Waals surface area contributed by atoms with Crippen LogP contribution in [0.25, 0.3) is 0 Å². The van der Waals surface area contributed by atoms with Gasteiger partial charge < -0.3 is 24.8 Å². The Morgan fingerprint density at radius 1 is 1.46 bits per heavy atom. The Kier molecular flexibility index (Phi) is 5.47. The van der Waals surface area contributed by atoms with E-state index in [0.29, 0.717) is 31.3 Å². The highest BCUT2D eigenvalue weighted by atomic mass is 16.5. The number of carbonyl (C=O) groups excluding carboxylic acids is 1. The van der Waals surface area contributed by atoms with Gasteiger partial charge in [-0.2, -0.15) is 4.98 Å². The molecule has 8 heteroatoms. The molecule has 2 saturated heterocycles. The number of amides is 1. The minimum atomic E-state index is -0.107. The summed E-state index contributed by atoms with van der Waals surface area (Å²) in [5.41, 5.74) is 0.282. The smallest absolute Gasteiger partial charge is 0.246 e. The number of likely N-dealkylation sites (N-methyl/N-ethyl adjacent to an activating group) is 1. The van der Waals surface area contributed by atoms with E-state index < -0.39 is 0 Å². The maximum absolute atomic E-state index is 12.7. The van der Waals surface area contributed by atoms with E-state index in [9.17, 15) is 4.79 Å². The number of ether oxygens (including phenoxy) is 1. The van der Waals surface area contributed by atoms with Crippen molar-refractivity contribution in [2.75, 3.05) is 40.4 Å². The lowest BCUT2D eigenvalue weighted by atomic mass is 9.77. The van der Waals surface area contributed by atoms with Gasteiger partial charge in [0.15, 0.2) is 5.82 Å². The van der Waals surface area contributed by atoms with Gasteiger partial charge in [0.25, 0.3) is 0 Å². The minimum Gasteiger partial charge on any atom is -0.384 e. The van der Waals surface area contributed by atoms with Crippen LogP contribution in [0.15, 0.2) is 4.52 Å². The molecule has 2 N–H and O–H groups in total. The summed E-state index contributed by atoms with van der Waals surface area (Å²) in [5.74, 6) is 1.17. The van der Waals surface area contributed by atoms with Crippen molar-refractivity contribution < 1.29 is 14.1 Å². The van der Waals surface area contributed by atoms with Crippen molar-refractivity contribution in [1.29, 1.82) is 0 Å². The van der Waals surface area contributed by atoms with E-state index in [-0.39, 0.29) is 17.4 Å². The van der Waals surface area contributed by atoms with Crippen LogP contribution in [0, 0.1) is 5.41 Å². The molecule has 1 spiro atoms. The fourth-order valence-electron chi connectivity index (χ4n) is 3.63. The summed E-state index contributed by atoms with van der Waals surface area (Å²) >= 11 is 0. The zero-order valence-electron chi connectivity index (χ0n) is 14.5. The standard InChI is InChI=1S/C16H27N5O3/c1-21(10-14-19-13(20-24-14)3-8-23-2)15(22)12-9-16(11-18-12)4-6-17-7-5-16/h12,17-18H,3-11H2,1-2H3. The Morgan fingerprint density at radius 2 is 2.25 bits per heavy atom. The van der Waals surface area contributed by atoms with E-state index in [2.05, 4.69) is 20.8 Å². The molecule has 3 rings (SSSR count). The van der Waals surface area contributed by atoms with Crippen molar-refractivity contribution in [3.05, 3.63) is 11.7 Å². The number of aromatic nitrogens is 2. The van der Waals surface area contributed by atoms with E-state index in [0.717, 1.165) is 38.9 Å². The molecule has 1 amide bonds. The van der Waals surface area contributed by atoms with Gasteiger partial charge in [0.2, 0.25) is 11.8 Å². The van der Waals surface area contributed by atoms with Crippen LogP contribution in [-0.4, -0.2) is 67.4 Å². The van der Waals surface area contributed by atoms with Gasteiger partial charge in [-0.3, -0.25) is 4.79 Å². The topological polar surface area (TPSA) is 92.5 Å². The highest BCUT2D eigenvalue weighted by molar-refractivity contribution is 5.82. The molecule has 2 aliphatic rings. The van der Waals surface area contributed by atoms with Crippen LogP contribution >= 0.6 is 0 Å². The lowest BCUT2D eigenvalue weighted by Crippen LogP contribution is -2.41. The molecule has 134 valence electrons. The summed E-state index contributed by atoms with van der Waals surface area (Å²) in [6, 6.07) is -0.107. The predicted molar refractivity (Wildman–Crippen MR) is 87.3 cm³/mol. The van der Waals surface area contributed by atoms with E-state index >= 15 is 0 Å². The molecule has 0 aromatic carbocycles. The fourth-order valence-corrected chi connectivity index (χ4v) is 3.63. The largest absolute Gasteiger partial charge is 0.384 e. The Bertz CT molecular complexity index is 556. The fraction of sp³-hybridized carbons (Fsp3) is 0.812. The molecule has 1 unspecified atom stereocenters. The zero-order chi connectivity index (χ0) is 17.0. The molecule has 8 nitrogen and oxygen atoms in total. The Hall–Kier alpha value is -1.51. The second-order valence-electron chi connectivity index (χ2n) is 6.93. The van der Waals surface area contributed by atoms with Gasteiger partial charge in [-0.05, 0) is 37.8 Å². The number of nitrogens with one attached hydrogen (secondary N) is 2. The third-order valence-electron chi connectivity index (χ3n) is 5.11. The summed E-state index contributed by atoms with van der Waals surface area (Å²) in [5, 5.41) is 10.7. The highest BCUT2D eigenvalue weighted by Crippen LogP contribution is 2.37. The average Bonchev–Trinajstić information content (AvgIpc) is 3.20. The normalized spacial score (nSPS) is 22.8. The Balaban J connectivity index is 1.52. The minimum absolute atomic E-state index is 0.0991. The molecule has 2 aliphatic heterocycles. The van der Waals surface area contributed by atoms with E-state index in [1.165, 1.54) is 0 Å². The van der Waals surface area contributed by atoms with Crippen LogP contribution in [0.2, 0.25) is 0 Å². The molecule has 1 atom stereocenters. The van der Waals surface area contributed by atoms with E-state index in [1.807, 2.05) is 0 Å². The summed E-state index contributed by atoms with van der Waals surface area (Å²) in [6.45, 7) is 3.91. The van der Waals surface area contributed by atoms with Crippen LogP contribution in [0.5, 0.6) is 0 Å². The number of rotatable bonds is 6. The third kappa shape index (κ3) is 3.93. The molecule has 2 fully saturated rings. The molecule has 0 radical (unpaired) electrons. The van der Waals surface area contributed by atoms with Gasteiger partial charge in [0.05, 0.1) is 19.2 Å². The highest BCUT2D eigenvalue weighted by Gasteiger charge is 2.42. The van der Waals surface area contributed by atoms with Gasteiger partial charge in [0, 0.05) is 27.1 Å². The lowest BCUT2D eigenvalue weighted by molar-refractivity contribution is -0.132. The Morgan fingerprint density at radius 3 is 3.00 bits per heavy atom. The second kappa shape index (κ2) is 7.58. The van der Waals surface area contributed by atoms with E-state index in [4.69, 9.17) is 9.26 Å². The number of hydrogen-bond donors (Lipinski definition) is 2. The SMILES string of the molecule is COCCc1noc(CN(C)C(=O)C2CC3(CCNCC3)CN2)n1. The number of piperidine rings is 1. The van der Waals surface area contributed by atoms with Gasteiger partial charge in [-0.1, -0.05) is 5.16 Å². The summed E-state index contributed by atoms with van der Waals surface area (Å²) in [7, 11) is 3.42. The van der Waals surface area contributed by atoms with Crippen molar-refractivity contribution in [3.8, 4) is 0 Å². The lowest BCUT2D eigenvalue weighted by Gasteiger charge is -2.33. The second-order valence-corrected chi connectivity index (χ2v) is 6.93. The quantitative estimate of drug-likeness (QED) is 0.752. The van der Waals surface area contributed by atoms with Crippen LogP contribution < -0.4 is 10.6 Å². The number of nitrogens with zero attached hydrogens (tertiary/aromatic N) is 3. The van der Waals surface area contributed by atoms with Crippen LogP contribution in [0.1, 0.15) is 31.0 Å². The predicted octanol–water partition coefficient (Wildman–Crippen LogP) is -0.0514. The monoisotopic (exact) mass is 337 g/mol. The van der Waals surface area contributed by atoms with Crippen molar-refractivity contribution in [2.45, 2.75) is 38.3 Å². The van der Waals surface area contributed by atoms with Gasteiger partial charge in [0.1, 0.15) is 0 Å². The Labute approximate surface area is 142 Å². The van der Waals surface area contributed by atoms with Crippen molar-refractivity contribution in [3.63, 3.8) is 0 Å². The van der Waals surface area contributed by atoms with E-state index in [1.54, 1.807) is 19.1 Å². The summed E-state index contributed by atoms with van der Waals surface area (Å²) in [6.07, 6.45) is 3.80. The molecule has 0 aliphatic carbocycles. The summed E-state index contributed by atoms with van der Waals surface area (Å²) in [4.78, 5) is 18.7. The maximum Gasteiger partial charge on any atom is 0.246 e. The maximum atomic E-state index is 12.7. The molecule has 1 aromatic rings. The average molecular weight is 337 g/mol. The van der Waals surface area contributed by atoms with Gasteiger partial charge in [-0.25, -0.2) is 0 Å². The van der Waals surface area contributed by atoms with Gasteiger partial charge >= 0.3 is 0 Å². The zero-order valence-corrected chi connectivity index (χ0v) is 14.5. The number of methoxy groups -OCH3 is 1. The van der Waals surface area contributed by atoms with Crippen molar-refractivity contribution in [1.82, 2.24) is 25.7 Å². The molecule has 3 heterocycles. The first-order valence-corrected chi connectivity index (χ1v) is 8.61. The molecule has 0 saturated carbocycles. The first-order valence-electron chi connectivity index (χ1n) is 8.61. The van der Waals surface area contributed by atoms with Gasteiger partial charge in [-0.15, -0.1) is 0 Å². The van der Waals surface area contributed by atoms with Crippen molar-refractivity contribution in [2.24, 2.45) is 5.41 Å². The third-order valence-corrected chi connectivity index (χ3v) is 5.11. The first kappa shape index (κ1) is 17.3. The molecule has 1 aromatic heterocycles. The molecule has 0 bridgehead atoms. The van der Waals surface area contributed by atoms with Crippen LogP contribution in [-0.2, 0) is 22.5 Å². The van der Waals surface area contributed by atoms with Crippen LogP contribution in [0.3, 0.4) is 0 Å². The first-order chi connectivity index (χ1) is 11.6. The van der Waals surface area contributed by atoms with Crippen LogP contribution in [0.4, 0.5) is 0 Å². The molecular weight excluding hydrogens is 310 g/mol. The number of hydrogen-bond acceptors (Lipinski definition) is 7. The summed E-state index contributed by atoms with van der Waals surface area (Å²) < 4.78 is 10.2. The van der Waals surface area contributed by atoms with Crippen molar-refractivity contribution >= 4 is 5.91 Å². The molecular formula is C16H27N5O3. The number of carbonyl (C=O) groups is 1.